The zero-order valence-electron chi connectivity index (χ0n) is 20.4. The molecule has 2 heterocycles. The summed E-state index contributed by atoms with van der Waals surface area (Å²) >= 11 is 2.83. The first-order valence-corrected chi connectivity index (χ1v) is 13.4. The summed E-state index contributed by atoms with van der Waals surface area (Å²) in [6, 6.07) is 7.86. The van der Waals surface area contributed by atoms with Gasteiger partial charge >= 0.3 is 5.97 Å². The number of carbonyl (C=O) groups is 2. The molecular weight excluding hydrogens is 484 g/mol. The highest BCUT2D eigenvalue weighted by molar-refractivity contribution is 7.99. The van der Waals surface area contributed by atoms with Crippen LogP contribution in [0.15, 0.2) is 29.4 Å². The minimum atomic E-state index is -0.395. The molecule has 1 aliphatic carbocycles. The molecule has 0 saturated heterocycles. The number of rotatable bonds is 9. The lowest BCUT2D eigenvalue weighted by molar-refractivity contribution is -0.113. The first-order valence-electron chi connectivity index (χ1n) is 11.6. The van der Waals surface area contributed by atoms with Crippen molar-refractivity contribution in [1.82, 2.24) is 14.8 Å². The van der Waals surface area contributed by atoms with Gasteiger partial charge in [-0.25, -0.2) is 4.79 Å². The van der Waals surface area contributed by atoms with Gasteiger partial charge < -0.3 is 19.4 Å². The molecule has 35 heavy (non-hydrogen) atoms. The number of fused-ring (bicyclic) bond motifs is 1. The number of benzene rings is 1. The number of esters is 1. The van der Waals surface area contributed by atoms with Gasteiger partial charge in [0.2, 0.25) is 5.91 Å². The van der Waals surface area contributed by atoms with Crippen LogP contribution in [0, 0.1) is 5.92 Å². The zero-order valence-corrected chi connectivity index (χ0v) is 22.1. The Morgan fingerprint density at radius 1 is 1.23 bits per heavy atom. The maximum Gasteiger partial charge on any atom is 0.341 e. The first kappa shape index (κ1) is 25.2. The fraction of sp³-hybridized carbons (Fsp3) is 0.440. The number of thiophene rings is 1. The fourth-order valence-corrected chi connectivity index (χ4v) is 6.49. The molecule has 3 aromatic rings. The van der Waals surface area contributed by atoms with E-state index < -0.39 is 5.97 Å². The normalized spacial score (nSPS) is 14.9. The van der Waals surface area contributed by atoms with Crippen LogP contribution in [0.4, 0.5) is 5.00 Å². The van der Waals surface area contributed by atoms with Crippen molar-refractivity contribution in [2.24, 2.45) is 5.92 Å². The topological polar surface area (TPSA) is 95.3 Å². The van der Waals surface area contributed by atoms with Crippen LogP contribution in [0.5, 0.6) is 5.75 Å². The van der Waals surface area contributed by atoms with Crippen LogP contribution >= 0.6 is 23.1 Å². The second-order valence-corrected chi connectivity index (χ2v) is 10.6. The number of anilines is 1. The quantitative estimate of drug-likeness (QED) is 0.329. The average molecular weight is 515 g/mol. The van der Waals surface area contributed by atoms with Crippen LogP contribution in [0.25, 0.3) is 0 Å². The Morgan fingerprint density at radius 3 is 2.69 bits per heavy atom. The van der Waals surface area contributed by atoms with Crippen molar-refractivity contribution in [3.05, 3.63) is 51.7 Å². The van der Waals surface area contributed by atoms with E-state index in [0.29, 0.717) is 34.6 Å². The lowest BCUT2D eigenvalue weighted by atomic mass is 9.88. The molecule has 10 heteroatoms. The van der Waals surface area contributed by atoms with E-state index in [4.69, 9.17) is 9.47 Å². The van der Waals surface area contributed by atoms with Gasteiger partial charge in [-0.15, -0.1) is 21.5 Å². The number of ether oxygens (including phenoxy) is 2. The molecule has 0 radical (unpaired) electrons. The predicted molar refractivity (Wildman–Crippen MR) is 138 cm³/mol. The van der Waals surface area contributed by atoms with Gasteiger partial charge in [0, 0.05) is 17.8 Å². The SMILES string of the molecule is CCn1c(Cc2ccc(OC)cc2)nnc1SCC(=O)Nc1sc2c(c1C(=O)OC)CCC(C)C2. The van der Waals surface area contributed by atoms with Crippen molar-refractivity contribution >= 4 is 40.0 Å². The number of thioether (sulfide) groups is 1. The van der Waals surface area contributed by atoms with E-state index >= 15 is 0 Å². The fourth-order valence-electron chi connectivity index (χ4n) is 4.25. The highest BCUT2D eigenvalue weighted by Crippen LogP contribution is 2.40. The monoisotopic (exact) mass is 514 g/mol. The Labute approximate surface area is 213 Å². The molecule has 1 atom stereocenters. The number of nitrogens with zero attached hydrogens (tertiary/aromatic N) is 3. The Bertz CT molecular complexity index is 1200. The van der Waals surface area contributed by atoms with Crippen LogP contribution < -0.4 is 10.1 Å². The van der Waals surface area contributed by atoms with Crippen LogP contribution in [0.1, 0.15) is 52.5 Å². The smallest absolute Gasteiger partial charge is 0.341 e. The standard InChI is InChI=1S/C25H30N4O4S2/c1-5-29-20(13-16-7-9-17(32-3)10-8-16)27-28-25(29)34-14-21(30)26-23-22(24(31)33-4)18-11-6-15(2)12-19(18)35-23/h7-10,15H,5-6,11-14H2,1-4H3,(H,26,30). The molecule has 0 fully saturated rings. The van der Waals surface area contributed by atoms with Crippen molar-refractivity contribution in [3.8, 4) is 5.75 Å². The number of methoxy groups -OCH3 is 2. The van der Waals surface area contributed by atoms with Crippen LogP contribution in [-0.2, 0) is 35.3 Å². The van der Waals surface area contributed by atoms with Crippen molar-refractivity contribution in [2.45, 2.75) is 51.2 Å². The maximum atomic E-state index is 12.8. The van der Waals surface area contributed by atoms with Crippen LogP contribution in [0.3, 0.4) is 0 Å². The number of nitrogens with one attached hydrogen (secondary N) is 1. The van der Waals surface area contributed by atoms with Gasteiger partial charge in [0.25, 0.3) is 0 Å². The molecule has 0 bridgehead atoms. The van der Waals surface area contributed by atoms with Crippen LogP contribution in [-0.4, -0.2) is 46.6 Å². The third kappa shape index (κ3) is 5.70. The Morgan fingerprint density at radius 2 is 2.00 bits per heavy atom. The molecule has 1 N–H and O–H groups in total. The Hall–Kier alpha value is -2.85. The summed E-state index contributed by atoms with van der Waals surface area (Å²) < 4.78 is 12.3. The maximum absolute atomic E-state index is 12.8. The van der Waals surface area contributed by atoms with E-state index in [9.17, 15) is 9.59 Å². The number of carbonyl (C=O) groups excluding carboxylic acids is 2. The van der Waals surface area contributed by atoms with Gasteiger partial charge in [0.1, 0.15) is 16.6 Å². The number of amides is 1. The van der Waals surface area contributed by atoms with E-state index in [2.05, 4.69) is 22.4 Å². The average Bonchev–Trinajstić information content (AvgIpc) is 3.42. The van der Waals surface area contributed by atoms with Gasteiger partial charge in [-0.3, -0.25) is 4.79 Å². The molecular formula is C25H30N4O4S2. The Balaban J connectivity index is 1.43. The van der Waals surface area contributed by atoms with Gasteiger partial charge in [0.15, 0.2) is 5.16 Å². The predicted octanol–water partition coefficient (Wildman–Crippen LogP) is 4.60. The van der Waals surface area contributed by atoms with Crippen molar-refractivity contribution in [3.63, 3.8) is 0 Å². The van der Waals surface area contributed by atoms with E-state index in [1.807, 2.05) is 35.8 Å². The summed E-state index contributed by atoms with van der Waals surface area (Å²) in [5, 5.41) is 12.9. The molecule has 1 aliphatic rings. The highest BCUT2D eigenvalue weighted by atomic mass is 32.2. The minimum absolute atomic E-state index is 0.167. The van der Waals surface area contributed by atoms with Crippen molar-refractivity contribution < 1.29 is 19.1 Å². The van der Waals surface area contributed by atoms with Crippen molar-refractivity contribution in [1.29, 1.82) is 0 Å². The third-order valence-electron chi connectivity index (χ3n) is 6.12. The molecule has 186 valence electrons. The molecule has 0 spiro atoms. The molecule has 0 saturated carbocycles. The zero-order chi connectivity index (χ0) is 24.9. The van der Waals surface area contributed by atoms with Gasteiger partial charge in [-0.05, 0) is 55.4 Å². The molecule has 1 amide bonds. The molecule has 4 rings (SSSR count). The largest absolute Gasteiger partial charge is 0.497 e. The number of hydrogen-bond donors (Lipinski definition) is 1. The summed E-state index contributed by atoms with van der Waals surface area (Å²) in [5.74, 6) is 1.81. The minimum Gasteiger partial charge on any atom is -0.497 e. The van der Waals surface area contributed by atoms with E-state index in [-0.39, 0.29) is 11.7 Å². The molecule has 0 aliphatic heterocycles. The summed E-state index contributed by atoms with van der Waals surface area (Å²) in [7, 11) is 3.02. The first-order chi connectivity index (χ1) is 16.9. The summed E-state index contributed by atoms with van der Waals surface area (Å²) in [4.78, 5) is 26.5. The van der Waals surface area contributed by atoms with Gasteiger partial charge in [0.05, 0.1) is 25.5 Å². The molecule has 1 aromatic carbocycles. The van der Waals surface area contributed by atoms with Gasteiger partial charge in [-0.2, -0.15) is 0 Å². The lowest BCUT2D eigenvalue weighted by Gasteiger charge is -2.18. The highest BCUT2D eigenvalue weighted by Gasteiger charge is 2.29. The van der Waals surface area contributed by atoms with Crippen molar-refractivity contribution in [2.75, 3.05) is 25.3 Å². The van der Waals surface area contributed by atoms with E-state index in [1.165, 1.54) is 35.1 Å². The molecule has 1 unspecified atom stereocenters. The number of hydrogen-bond acceptors (Lipinski definition) is 8. The summed E-state index contributed by atoms with van der Waals surface area (Å²) in [6.07, 6.45) is 3.42. The second kappa shape index (κ2) is 11.3. The molecule has 8 nitrogen and oxygen atoms in total. The third-order valence-corrected chi connectivity index (χ3v) is 8.25. The van der Waals surface area contributed by atoms with E-state index in [0.717, 1.165) is 42.0 Å². The summed E-state index contributed by atoms with van der Waals surface area (Å²) in [5.41, 5.74) is 2.64. The van der Waals surface area contributed by atoms with Gasteiger partial charge in [-0.1, -0.05) is 30.8 Å². The number of aromatic nitrogens is 3. The van der Waals surface area contributed by atoms with Crippen LogP contribution in [0.2, 0.25) is 0 Å². The Kier molecular flexibility index (Phi) is 8.12. The summed E-state index contributed by atoms with van der Waals surface area (Å²) in [6.45, 7) is 4.94. The second-order valence-electron chi connectivity index (χ2n) is 8.55. The van der Waals surface area contributed by atoms with E-state index in [1.54, 1.807) is 7.11 Å². The molecule has 2 aromatic heterocycles. The lowest BCUT2D eigenvalue weighted by Crippen LogP contribution is -2.17.